The summed E-state index contributed by atoms with van der Waals surface area (Å²) in [6, 6.07) is 7.59. The monoisotopic (exact) mass is 405 g/mol. The molecule has 0 bridgehead atoms. The number of rotatable bonds is 7. The smallest absolute Gasteiger partial charge is 0.177 e. The van der Waals surface area contributed by atoms with Crippen LogP contribution in [0.5, 0.6) is 11.5 Å². The molecule has 0 aliphatic carbocycles. The van der Waals surface area contributed by atoms with E-state index >= 15 is 0 Å². The zero-order chi connectivity index (χ0) is 20.1. The highest BCUT2D eigenvalue weighted by Gasteiger charge is 2.70. The highest BCUT2D eigenvalue weighted by Crippen LogP contribution is 2.47. The van der Waals surface area contributed by atoms with Crippen molar-refractivity contribution in [1.82, 2.24) is 9.80 Å². The third kappa shape index (κ3) is 4.26. The summed E-state index contributed by atoms with van der Waals surface area (Å²) in [7, 11) is 3.60. The molecule has 2 N–H and O–H groups in total. The molecule has 6 nitrogen and oxygen atoms in total. The van der Waals surface area contributed by atoms with Crippen LogP contribution in [0.1, 0.15) is 6.92 Å². The van der Waals surface area contributed by atoms with Crippen molar-refractivity contribution >= 4 is 11.6 Å². The van der Waals surface area contributed by atoms with Crippen LogP contribution in [0.25, 0.3) is 0 Å². The van der Waals surface area contributed by atoms with E-state index in [1.807, 2.05) is 73.5 Å². The van der Waals surface area contributed by atoms with Gasteiger partial charge in [-0.1, -0.05) is 35.9 Å². The summed E-state index contributed by atoms with van der Waals surface area (Å²) < 4.78 is 17.4. The third-order valence-corrected chi connectivity index (χ3v) is 5.35. The van der Waals surface area contributed by atoms with Crippen molar-refractivity contribution < 1.29 is 14.2 Å². The normalized spacial score (nSPS) is 31.0. The van der Waals surface area contributed by atoms with Crippen molar-refractivity contribution in [3.05, 3.63) is 59.7 Å². The van der Waals surface area contributed by atoms with E-state index in [-0.39, 0.29) is 12.4 Å². The van der Waals surface area contributed by atoms with Gasteiger partial charge in [-0.25, -0.2) is 4.90 Å². The summed E-state index contributed by atoms with van der Waals surface area (Å²) in [5, 5.41) is 0.681. The van der Waals surface area contributed by atoms with Crippen molar-refractivity contribution in [3.63, 3.8) is 0 Å². The first-order valence-electron chi connectivity index (χ1n) is 9.29. The van der Waals surface area contributed by atoms with E-state index in [1.54, 1.807) is 7.11 Å². The third-order valence-electron chi connectivity index (χ3n) is 5.10. The summed E-state index contributed by atoms with van der Waals surface area (Å²) in [6.07, 6.45) is 9.22. The molecule has 0 amide bonds. The molecular weight excluding hydrogens is 378 g/mol. The molecule has 1 aromatic carbocycles. The van der Waals surface area contributed by atoms with E-state index in [1.165, 1.54) is 0 Å². The van der Waals surface area contributed by atoms with Crippen molar-refractivity contribution in [1.29, 1.82) is 0 Å². The molecule has 2 aliphatic heterocycles. The van der Waals surface area contributed by atoms with E-state index in [0.29, 0.717) is 24.9 Å². The SMILES string of the molecule is C\C=C/C(Cl)=C\C=C\CN1[C@H](Oc2cccc(OC)c2)C12COCN(C)C2N. The first-order valence-corrected chi connectivity index (χ1v) is 9.66. The Labute approximate surface area is 171 Å². The molecular formula is C21H28ClN3O3. The second kappa shape index (κ2) is 9.11. The van der Waals surface area contributed by atoms with Crippen LogP contribution in [0.15, 0.2) is 59.7 Å². The van der Waals surface area contributed by atoms with E-state index in [4.69, 9.17) is 31.5 Å². The predicted molar refractivity (Wildman–Crippen MR) is 111 cm³/mol. The minimum absolute atomic E-state index is 0.183. The van der Waals surface area contributed by atoms with E-state index in [9.17, 15) is 0 Å². The van der Waals surface area contributed by atoms with Crippen LogP contribution >= 0.6 is 11.6 Å². The van der Waals surface area contributed by atoms with Gasteiger partial charge < -0.3 is 19.9 Å². The number of allylic oxidation sites excluding steroid dienone is 5. The fraction of sp³-hybridized carbons (Fsp3) is 0.429. The fourth-order valence-electron chi connectivity index (χ4n) is 3.53. The molecule has 2 fully saturated rings. The minimum Gasteiger partial charge on any atom is -0.497 e. The summed E-state index contributed by atoms with van der Waals surface area (Å²) in [5.41, 5.74) is 6.14. The molecule has 0 radical (unpaired) electrons. The first-order chi connectivity index (χ1) is 13.5. The Balaban J connectivity index is 1.75. The molecule has 4 atom stereocenters. The van der Waals surface area contributed by atoms with Gasteiger partial charge >= 0.3 is 0 Å². The lowest BCUT2D eigenvalue weighted by Crippen LogP contribution is -2.59. The van der Waals surface area contributed by atoms with Gasteiger partial charge in [0.05, 0.1) is 19.9 Å². The Morgan fingerprint density at radius 1 is 1.43 bits per heavy atom. The van der Waals surface area contributed by atoms with Crippen LogP contribution in [0, 0.1) is 0 Å². The van der Waals surface area contributed by atoms with Crippen LogP contribution in [-0.4, -0.2) is 61.8 Å². The van der Waals surface area contributed by atoms with Crippen LogP contribution in [0.4, 0.5) is 0 Å². The zero-order valence-electron chi connectivity index (χ0n) is 16.5. The van der Waals surface area contributed by atoms with Crippen LogP contribution in [-0.2, 0) is 4.74 Å². The number of hydrogen-bond acceptors (Lipinski definition) is 6. The molecule has 28 heavy (non-hydrogen) atoms. The maximum absolute atomic E-state index is 6.53. The summed E-state index contributed by atoms with van der Waals surface area (Å²) in [5.74, 6) is 1.50. The van der Waals surface area contributed by atoms with E-state index < -0.39 is 5.54 Å². The van der Waals surface area contributed by atoms with Crippen molar-refractivity contribution in [2.45, 2.75) is 24.9 Å². The number of halogens is 1. The van der Waals surface area contributed by atoms with Gasteiger partial charge in [0.1, 0.15) is 23.8 Å². The van der Waals surface area contributed by atoms with Crippen molar-refractivity contribution in [2.75, 3.05) is 34.0 Å². The Bertz CT molecular complexity index is 767. The maximum atomic E-state index is 6.53. The van der Waals surface area contributed by atoms with Gasteiger partial charge in [0.25, 0.3) is 0 Å². The number of methoxy groups -OCH3 is 1. The van der Waals surface area contributed by atoms with Crippen molar-refractivity contribution in [3.8, 4) is 11.5 Å². The quantitative estimate of drug-likeness (QED) is 0.556. The van der Waals surface area contributed by atoms with Crippen LogP contribution in [0.3, 0.4) is 0 Å². The number of benzene rings is 1. The predicted octanol–water partition coefficient (Wildman–Crippen LogP) is 2.91. The average molecular weight is 406 g/mol. The van der Waals surface area contributed by atoms with Gasteiger partial charge in [-0.3, -0.25) is 4.90 Å². The van der Waals surface area contributed by atoms with E-state index in [2.05, 4.69) is 4.90 Å². The fourth-order valence-corrected chi connectivity index (χ4v) is 3.73. The average Bonchev–Trinajstić information content (AvgIpc) is 3.29. The lowest BCUT2D eigenvalue weighted by atomic mass is 10.0. The lowest BCUT2D eigenvalue weighted by Gasteiger charge is -2.36. The molecule has 0 saturated carbocycles. The highest BCUT2D eigenvalue weighted by atomic mass is 35.5. The van der Waals surface area contributed by atoms with Gasteiger partial charge in [-0.05, 0) is 38.3 Å². The van der Waals surface area contributed by atoms with Crippen LogP contribution in [0.2, 0.25) is 0 Å². The lowest BCUT2D eigenvalue weighted by molar-refractivity contribution is -0.0700. The maximum Gasteiger partial charge on any atom is 0.177 e. The number of ether oxygens (including phenoxy) is 3. The zero-order valence-corrected chi connectivity index (χ0v) is 17.3. The Morgan fingerprint density at radius 3 is 2.96 bits per heavy atom. The molecule has 0 aromatic heterocycles. The molecule has 3 rings (SSSR count). The molecule has 1 aromatic rings. The second-order valence-corrected chi connectivity index (χ2v) is 7.39. The number of nitrogens with zero attached hydrogens (tertiary/aromatic N) is 2. The summed E-state index contributed by atoms with van der Waals surface area (Å²) in [6.45, 7) is 3.65. The number of hydrogen-bond donors (Lipinski definition) is 1. The Kier molecular flexibility index (Phi) is 6.80. The van der Waals surface area contributed by atoms with Gasteiger partial charge in [0.2, 0.25) is 0 Å². The van der Waals surface area contributed by atoms with Gasteiger partial charge in [0, 0.05) is 17.6 Å². The topological polar surface area (TPSA) is 60.0 Å². The summed E-state index contributed by atoms with van der Waals surface area (Å²) >= 11 is 6.09. The summed E-state index contributed by atoms with van der Waals surface area (Å²) in [4.78, 5) is 4.21. The number of likely N-dealkylation sites (N-methyl/N-ethyl adjacent to an activating group) is 1. The molecule has 7 heteroatoms. The van der Waals surface area contributed by atoms with Crippen molar-refractivity contribution in [2.24, 2.45) is 5.73 Å². The van der Waals surface area contributed by atoms with Gasteiger partial charge in [0.15, 0.2) is 6.23 Å². The largest absolute Gasteiger partial charge is 0.497 e. The molecule has 2 heterocycles. The highest BCUT2D eigenvalue weighted by molar-refractivity contribution is 6.31. The molecule has 1 spiro atoms. The number of nitrogens with two attached hydrogens (primary N) is 1. The molecule has 152 valence electrons. The standard InChI is InChI=1S/C21H28ClN3O3/c1-4-8-16(22)9-5-6-12-25-20(21(25)14-27-15-24(2)19(21)23)28-18-11-7-10-17(13-18)26-3/h4-11,13,19-20H,12,14-15,23H2,1-3H3/b6-5+,8-4-,16-9+/t19?,20-,21?,25?/m1/s1. The van der Waals surface area contributed by atoms with Crippen LogP contribution < -0.4 is 15.2 Å². The van der Waals surface area contributed by atoms with Gasteiger partial charge in [-0.2, -0.15) is 0 Å². The molecule has 3 unspecified atom stereocenters. The Morgan fingerprint density at radius 2 is 2.21 bits per heavy atom. The Hall–Kier alpha value is -1.83. The minimum atomic E-state index is -0.392. The molecule has 2 saturated heterocycles. The second-order valence-electron chi connectivity index (χ2n) is 6.95. The van der Waals surface area contributed by atoms with Gasteiger partial charge in [-0.15, -0.1) is 0 Å². The first kappa shape index (κ1) is 20.9. The molecule has 2 aliphatic rings. The van der Waals surface area contributed by atoms with E-state index in [0.717, 1.165) is 11.5 Å².